The number of nitrogens with two attached hydrogens (primary N) is 1. The Balaban J connectivity index is 2.82. The van der Waals surface area contributed by atoms with Gasteiger partial charge in [0.1, 0.15) is 4.90 Å². The van der Waals surface area contributed by atoms with E-state index in [1.807, 2.05) is 45.9 Å². The molecule has 1 aromatic carbocycles. The average Bonchev–Trinajstić information content (AvgIpc) is 2.79. The molecule has 0 amide bonds. The zero-order valence-electron chi connectivity index (χ0n) is 12.8. The summed E-state index contributed by atoms with van der Waals surface area (Å²) in [5.74, 6) is 0. The molecule has 5 nitrogen and oxygen atoms in total. The van der Waals surface area contributed by atoms with Gasteiger partial charge in [-0.3, -0.25) is 0 Å². The number of benzene rings is 1. The first-order chi connectivity index (χ1) is 9.79. The first kappa shape index (κ1) is 15.7. The first-order valence-corrected chi connectivity index (χ1v) is 8.55. The number of hydrogen-bond donors (Lipinski definition) is 1. The maximum Gasteiger partial charge on any atom is 0.241 e. The molecule has 0 saturated heterocycles. The summed E-state index contributed by atoms with van der Waals surface area (Å²) in [6.45, 7) is 7.77. The SMILES string of the molecule is CCc1nn(-c2cc(C)ccc2C)c(CC)c1S(N)(=O)=O. The number of sulfonamides is 1. The van der Waals surface area contributed by atoms with E-state index in [2.05, 4.69) is 5.10 Å². The lowest BCUT2D eigenvalue weighted by Crippen LogP contribution is -2.16. The zero-order valence-corrected chi connectivity index (χ0v) is 13.7. The maximum atomic E-state index is 11.9. The van der Waals surface area contributed by atoms with Crippen molar-refractivity contribution in [1.29, 1.82) is 0 Å². The van der Waals surface area contributed by atoms with E-state index in [-0.39, 0.29) is 4.90 Å². The molecule has 2 aromatic rings. The molecular weight excluding hydrogens is 286 g/mol. The van der Waals surface area contributed by atoms with Crippen molar-refractivity contribution >= 4 is 10.0 Å². The summed E-state index contributed by atoms with van der Waals surface area (Å²) in [7, 11) is -3.78. The van der Waals surface area contributed by atoms with Crippen LogP contribution in [-0.4, -0.2) is 18.2 Å². The van der Waals surface area contributed by atoms with Gasteiger partial charge in [0.25, 0.3) is 0 Å². The van der Waals surface area contributed by atoms with E-state index in [0.29, 0.717) is 24.2 Å². The number of aryl methyl sites for hydroxylation is 3. The third-order valence-electron chi connectivity index (χ3n) is 3.55. The third-order valence-corrected chi connectivity index (χ3v) is 4.59. The second-order valence-corrected chi connectivity index (χ2v) is 6.67. The molecule has 0 fully saturated rings. The molecule has 0 radical (unpaired) electrons. The van der Waals surface area contributed by atoms with Crippen LogP contribution < -0.4 is 5.14 Å². The Morgan fingerprint density at radius 3 is 2.38 bits per heavy atom. The molecule has 0 saturated carbocycles. The summed E-state index contributed by atoms with van der Waals surface area (Å²) in [5, 5.41) is 9.88. The van der Waals surface area contributed by atoms with E-state index in [0.717, 1.165) is 16.8 Å². The fourth-order valence-electron chi connectivity index (χ4n) is 2.51. The molecule has 21 heavy (non-hydrogen) atoms. The third kappa shape index (κ3) is 2.87. The van der Waals surface area contributed by atoms with Crippen molar-refractivity contribution in [2.45, 2.75) is 45.4 Å². The van der Waals surface area contributed by atoms with Crippen LogP contribution in [0.2, 0.25) is 0 Å². The molecule has 0 aliphatic rings. The van der Waals surface area contributed by atoms with Crippen LogP contribution in [0.25, 0.3) is 5.69 Å². The summed E-state index contributed by atoms with van der Waals surface area (Å²) in [6.07, 6.45) is 1.07. The molecular formula is C15H21N3O2S. The van der Waals surface area contributed by atoms with E-state index in [1.54, 1.807) is 4.68 Å². The predicted octanol–water partition coefficient (Wildman–Crippen LogP) is 2.26. The quantitative estimate of drug-likeness (QED) is 0.941. The lowest BCUT2D eigenvalue weighted by Gasteiger charge is -2.11. The highest BCUT2D eigenvalue weighted by Crippen LogP contribution is 2.25. The maximum absolute atomic E-state index is 11.9. The second-order valence-electron chi connectivity index (χ2n) is 5.18. The van der Waals surface area contributed by atoms with Crippen LogP contribution in [0.3, 0.4) is 0 Å². The van der Waals surface area contributed by atoms with Gasteiger partial charge in [0.05, 0.1) is 17.1 Å². The lowest BCUT2D eigenvalue weighted by atomic mass is 10.1. The van der Waals surface area contributed by atoms with Crippen LogP contribution in [0, 0.1) is 13.8 Å². The van der Waals surface area contributed by atoms with Gasteiger partial charge in [-0.25, -0.2) is 18.2 Å². The molecule has 2 rings (SSSR count). The fraction of sp³-hybridized carbons (Fsp3) is 0.400. The topological polar surface area (TPSA) is 78.0 Å². The van der Waals surface area contributed by atoms with Crippen molar-refractivity contribution in [2.75, 3.05) is 0 Å². The summed E-state index contributed by atoms with van der Waals surface area (Å²) in [6, 6.07) is 6.04. The van der Waals surface area contributed by atoms with Crippen molar-refractivity contribution in [3.63, 3.8) is 0 Å². The van der Waals surface area contributed by atoms with E-state index in [9.17, 15) is 8.42 Å². The molecule has 6 heteroatoms. The average molecular weight is 307 g/mol. The van der Waals surface area contributed by atoms with Gasteiger partial charge >= 0.3 is 0 Å². The molecule has 1 heterocycles. The largest absolute Gasteiger partial charge is 0.241 e. The van der Waals surface area contributed by atoms with Crippen molar-refractivity contribution < 1.29 is 8.42 Å². The van der Waals surface area contributed by atoms with E-state index >= 15 is 0 Å². The Labute approximate surface area is 125 Å². The summed E-state index contributed by atoms with van der Waals surface area (Å²) < 4.78 is 25.5. The Kier molecular flexibility index (Phi) is 4.20. The first-order valence-electron chi connectivity index (χ1n) is 7.00. The van der Waals surface area contributed by atoms with Crippen LogP contribution >= 0.6 is 0 Å². The van der Waals surface area contributed by atoms with E-state index in [1.165, 1.54) is 0 Å². The molecule has 0 bridgehead atoms. The van der Waals surface area contributed by atoms with Crippen LogP contribution in [0.1, 0.15) is 36.4 Å². The summed E-state index contributed by atoms with van der Waals surface area (Å²) >= 11 is 0. The molecule has 114 valence electrons. The minimum absolute atomic E-state index is 0.174. The van der Waals surface area contributed by atoms with Gasteiger partial charge in [0, 0.05) is 0 Å². The highest BCUT2D eigenvalue weighted by atomic mass is 32.2. The molecule has 0 aliphatic heterocycles. The lowest BCUT2D eigenvalue weighted by molar-refractivity contribution is 0.595. The van der Waals surface area contributed by atoms with Crippen LogP contribution in [-0.2, 0) is 22.9 Å². The normalized spacial score (nSPS) is 11.9. The highest BCUT2D eigenvalue weighted by Gasteiger charge is 2.25. The molecule has 0 spiro atoms. The molecule has 1 aromatic heterocycles. The minimum Gasteiger partial charge on any atom is -0.236 e. The van der Waals surface area contributed by atoms with Gasteiger partial charge in [-0.2, -0.15) is 5.10 Å². The van der Waals surface area contributed by atoms with E-state index < -0.39 is 10.0 Å². The van der Waals surface area contributed by atoms with Crippen molar-refractivity contribution in [1.82, 2.24) is 9.78 Å². The van der Waals surface area contributed by atoms with Gasteiger partial charge < -0.3 is 0 Å². The van der Waals surface area contributed by atoms with Gasteiger partial charge in [-0.05, 0) is 43.9 Å². The van der Waals surface area contributed by atoms with Crippen LogP contribution in [0.4, 0.5) is 0 Å². The minimum atomic E-state index is -3.78. The standard InChI is InChI=1S/C15H21N3O2S/c1-5-12-15(21(16,19)20)13(6-2)18(17-12)14-9-10(3)7-8-11(14)4/h7-9H,5-6H2,1-4H3,(H2,16,19,20). The molecule has 2 N–H and O–H groups in total. The fourth-order valence-corrected chi connectivity index (χ4v) is 3.58. The van der Waals surface area contributed by atoms with Crippen molar-refractivity contribution in [2.24, 2.45) is 5.14 Å². The molecule has 0 aliphatic carbocycles. The van der Waals surface area contributed by atoms with E-state index in [4.69, 9.17) is 5.14 Å². The highest BCUT2D eigenvalue weighted by molar-refractivity contribution is 7.89. The van der Waals surface area contributed by atoms with Crippen molar-refractivity contribution in [3.05, 3.63) is 40.7 Å². The number of aromatic nitrogens is 2. The number of primary sulfonamides is 1. The molecule has 0 unspecified atom stereocenters. The van der Waals surface area contributed by atoms with Crippen LogP contribution in [0.5, 0.6) is 0 Å². The summed E-state index contributed by atoms with van der Waals surface area (Å²) in [4.78, 5) is 0.174. The van der Waals surface area contributed by atoms with Gasteiger partial charge in [-0.15, -0.1) is 0 Å². The second kappa shape index (κ2) is 5.61. The zero-order chi connectivity index (χ0) is 15.8. The smallest absolute Gasteiger partial charge is 0.236 e. The Bertz CT molecular complexity index is 776. The van der Waals surface area contributed by atoms with Gasteiger partial charge in [0.15, 0.2) is 0 Å². The Hall–Kier alpha value is -1.66. The molecule has 0 atom stereocenters. The number of hydrogen-bond acceptors (Lipinski definition) is 3. The van der Waals surface area contributed by atoms with Crippen molar-refractivity contribution in [3.8, 4) is 5.69 Å². The number of rotatable bonds is 4. The van der Waals surface area contributed by atoms with Gasteiger partial charge in [0.2, 0.25) is 10.0 Å². The van der Waals surface area contributed by atoms with Gasteiger partial charge in [-0.1, -0.05) is 26.0 Å². The number of nitrogens with zero attached hydrogens (tertiary/aromatic N) is 2. The Morgan fingerprint density at radius 1 is 1.19 bits per heavy atom. The Morgan fingerprint density at radius 2 is 1.86 bits per heavy atom. The van der Waals surface area contributed by atoms with Crippen LogP contribution in [0.15, 0.2) is 23.1 Å². The predicted molar refractivity (Wildman–Crippen MR) is 83.2 cm³/mol. The summed E-state index contributed by atoms with van der Waals surface area (Å²) in [5.41, 5.74) is 4.21. The monoisotopic (exact) mass is 307 g/mol.